The number of rotatable bonds is 6. The summed E-state index contributed by atoms with van der Waals surface area (Å²) in [5, 5.41) is 12.5. The predicted molar refractivity (Wildman–Crippen MR) is 99.6 cm³/mol. The van der Waals surface area contributed by atoms with E-state index in [1.54, 1.807) is 18.5 Å². The van der Waals surface area contributed by atoms with Gasteiger partial charge in [-0.25, -0.2) is 9.97 Å². The number of tetrazole rings is 1. The van der Waals surface area contributed by atoms with E-state index < -0.39 is 0 Å². The maximum Gasteiger partial charge on any atom is 0.213 e. The van der Waals surface area contributed by atoms with Crippen molar-refractivity contribution >= 4 is 5.82 Å². The molecule has 0 aliphatic heterocycles. The van der Waals surface area contributed by atoms with Crippen molar-refractivity contribution < 1.29 is 4.74 Å². The summed E-state index contributed by atoms with van der Waals surface area (Å²) in [6, 6.07) is 17.2. The maximum absolute atomic E-state index is 5.86. The Hall–Kier alpha value is -3.81. The van der Waals surface area contributed by atoms with Crippen LogP contribution in [0.2, 0.25) is 0 Å². The number of anilines is 1. The molecule has 0 atom stereocenters. The first-order chi connectivity index (χ1) is 13.3. The Morgan fingerprint density at radius 1 is 0.889 bits per heavy atom. The number of hydrogen-bond donors (Lipinski definition) is 1. The predicted octanol–water partition coefficient (Wildman–Crippen LogP) is 2.34. The molecule has 8 heteroatoms. The van der Waals surface area contributed by atoms with E-state index in [1.807, 2.05) is 48.5 Å². The first-order valence-corrected chi connectivity index (χ1v) is 8.38. The summed E-state index contributed by atoms with van der Waals surface area (Å²) in [7, 11) is 0. The highest BCUT2D eigenvalue weighted by Gasteiger charge is 2.10. The van der Waals surface area contributed by atoms with Crippen molar-refractivity contribution in [3.8, 4) is 17.3 Å². The first-order valence-electron chi connectivity index (χ1n) is 8.38. The van der Waals surface area contributed by atoms with Crippen LogP contribution in [0.5, 0.6) is 5.88 Å². The first kappa shape index (κ1) is 16.6. The van der Waals surface area contributed by atoms with Crippen LogP contribution in [0.25, 0.3) is 11.4 Å². The lowest BCUT2D eigenvalue weighted by molar-refractivity contribution is 0.294. The fourth-order valence-corrected chi connectivity index (χ4v) is 2.52. The lowest BCUT2D eigenvalue weighted by atomic mass is 10.1. The maximum atomic E-state index is 5.86. The molecule has 4 aromatic rings. The molecule has 0 saturated carbocycles. The number of aromatic nitrogens is 6. The Bertz CT molecular complexity index is 1020. The molecule has 2 N–H and O–H groups in total. The molecular weight excluding hydrogens is 342 g/mol. The Labute approximate surface area is 155 Å². The van der Waals surface area contributed by atoms with Crippen LogP contribution in [0.15, 0.2) is 67.0 Å². The molecular formula is C19H17N7O. The molecule has 134 valence electrons. The van der Waals surface area contributed by atoms with Crippen molar-refractivity contribution in [3.05, 3.63) is 78.1 Å². The SMILES string of the molecule is Nc1ncccc1-c1nnn(Cc2ccc(COc3ccccn3)cc2)n1. The number of hydrogen-bond acceptors (Lipinski definition) is 7. The molecule has 0 unspecified atom stereocenters. The van der Waals surface area contributed by atoms with Gasteiger partial charge in [-0.2, -0.15) is 4.80 Å². The molecule has 0 aliphatic carbocycles. The zero-order valence-corrected chi connectivity index (χ0v) is 14.4. The minimum absolute atomic E-state index is 0.384. The van der Waals surface area contributed by atoms with Gasteiger partial charge in [-0.15, -0.1) is 10.2 Å². The number of benzene rings is 1. The summed E-state index contributed by atoms with van der Waals surface area (Å²) >= 11 is 0. The van der Waals surface area contributed by atoms with E-state index >= 15 is 0 Å². The Morgan fingerprint density at radius 2 is 1.70 bits per heavy atom. The fourth-order valence-electron chi connectivity index (χ4n) is 2.52. The molecule has 0 saturated heterocycles. The minimum atomic E-state index is 0.384. The quantitative estimate of drug-likeness (QED) is 0.563. The molecule has 3 aromatic heterocycles. The third-order valence-corrected chi connectivity index (χ3v) is 3.90. The van der Waals surface area contributed by atoms with E-state index in [1.165, 1.54) is 4.80 Å². The topological polar surface area (TPSA) is 105 Å². The van der Waals surface area contributed by atoms with Gasteiger partial charge in [-0.05, 0) is 34.5 Å². The van der Waals surface area contributed by atoms with Crippen LogP contribution < -0.4 is 10.5 Å². The standard InChI is InChI=1S/C19H17N7O/c20-18-16(4-3-11-22-18)19-23-25-26(24-19)12-14-6-8-15(9-7-14)13-27-17-5-1-2-10-21-17/h1-11H,12-13H2,(H2,20,22). The van der Waals surface area contributed by atoms with Gasteiger partial charge < -0.3 is 10.5 Å². The van der Waals surface area contributed by atoms with Crippen molar-refractivity contribution in [1.82, 2.24) is 30.2 Å². The van der Waals surface area contributed by atoms with Crippen LogP contribution >= 0.6 is 0 Å². The molecule has 3 heterocycles. The smallest absolute Gasteiger partial charge is 0.213 e. The second-order valence-electron chi connectivity index (χ2n) is 5.85. The fraction of sp³-hybridized carbons (Fsp3) is 0.105. The lowest BCUT2D eigenvalue weighted by Gasteiger charge is -2.06. The molecule has 0 radical (unpaired) electrons. The summed E-state index contributed by atoms with van der Waals surface area (Å²) in [5.74, 6) is 1.45. The Morgan fingerprint density at radius 3 is 2.48 bits per heavy atom. The van der Waals surface area contributed by atoms with E-state index in [9.17, 15) is 0 Å². The number of nitrogen functional groups attached to an aromatic ring is 1. The average molecular weight is 359 g/mol. The second kappa shape index (κ2) is 7.61. The zero-order valence-electron chi connectivity index (χ0n) is 14.4. The van der Waals surface area contributed by atoms with Gasteiger partial charge in [0.1, 0.15) is 12.4 Å². The van der Waals surface area contributed by atoms with Crippen LogP contribution in [0.1, 0.15) is 11.1 Å². The van der Waals surface area contributed by atoms with Crippen molar-refractivity contribution in [2.24, 2.45) is 0 Å². The van der Waals surface area contributed by atoms with Crippen LogP contribution in [0.3, 0.4) is 0 Å². The van der Waals surface area contributed by atoms with Gasteiger partial charge in [-0.1, -0.05) is 30.3 Å². The molecule has 27 heavy (non-hydrogen) atoms. The highest BCUT2D eigenvalue weighted by Crippen LogP contribution is 2.18. The van der Waals surface area contributed by atoms with Crippen LogP contribution in [0, 0.1) is 0 Å². The molecule has 0 amide bonds. The highest BCUT2D eigenvalue weighted by molar-refractivity contribution is 5.66. The summed E-state index contributed by atoms with van der Waals surface area (Å²) in [4.78, 5) is 9.71. The molecule has 1 aromatic carbocycles. The normalized spacial score (nSPS) is 10.7. The van der Waals surface area contributed by atoms with Crippen molar-refractivity contribution in [1.29, 1.82) is 0 Å². The van der Waals surface area contributed by atoms with E-state index in [0.717, 1.165) is 11.1 Å². The van der Waals surface area contributed by atoms with Gasteiger partial charge in [0.25, 0.3) is 0 Å². The second-order valence-corrected chi connectivity index (χ2v) is 5.85. The van der Waals surface area contributed by atoms with Crippen LogP contribution in [0.4, 0.5) is 5.82 Å². The van der Waals surface area contributed by atoms with Gasteiger partial charge >= 0.3 is 0 Å². The zero-order chi connectivity index (χ0) is 18.5. The molecule has 0 spiro atoms. The van der Waals surface area contributed by atoms with E-state index in [4.69, 9.17) is 10.5 Å². The molecule has 0 aliphatic rings. The summed E-state index contributed by atoms with van der Waals surface area (Å²) < 4.78 is 5.64. The summed E-state index contributed by atoms with van der Waals surface area (Å²) in [5.41, 5.74) is 8.64. The largest absolute Gasteiger partial charge is 0.473 e. The van der Waals surface area contributed by atoms with Gasteiger partial charge in [0.2, 0.25) is 11.7 Å². The third-order valence-electron chi connectivity index (χ3n) is 3.90. The number of nitrogens with two attached hydrogens (primary N) is 1. The number of pyridine rings is 2. The van der Waals surface area contributed by atoms with Crippen molar-refractivity contribution in [2.45, 2.75) is 13.2 Å². The summed E-state index contributed by atoms with van der Waals surface area (Å²) in [6.07, 6.45) is 3.33. The van der Waals surface area contributed by atoms with Gasteiger partial charge in [0.15, 0.2) is 0 Å². The van der Waals surface area contributed by atoms with Gasteiger partial charge in [0, 0.05) is 18.5 Å². The third kappa shape index (κ3) is 4.06. The Kier molecular flexibility index (Phi) is 4.69. The van der Waals surface area contributed by atoms with Gasteiger partial charge in [0.05, 0.1) is 12.1 Å². The average Bonchev–Trinajstić information content (AvgIpc) is 3.17. The molecule has 0 bridgehead atoms. The van der Waals surface area contributed by atoms with Crippen LogP contribution in [-0.2, 0) is 13.2 Å². The van der Waals surface area contributed by atoms with Crippen LogP contribution in [-0.4, -0.2) is 30.2 Å². The van der Waals surface area contributed by atoms with Crippen molar-refractivity contribution in [2.75, 3.05) is 5.73 Å². The summed E-state index contributed by atoms with van der Waals surface area (Å²) in [6.45, 7) is 0.970. The molecule has 0 fully saturated rings. The van der Waals surface area contributed by atoms with E-state index in [0.29, 0.717) is 36.2 Å². The van der Waals surface area contributed by atoms with E-state index in [-0.39, 0.29) is 0 Å². The Balaban J connectivity index is 1.39. The van der Waals surface area contributed by atoms with E-state index in [2.05, 4.69) is 25.4 Å². The molecule has 4 rings (SSSR count). The number of nitrogens with zero attached hydrogens (tertiary/aromatic N) is 6. The minimum Gasteiger partial charge on any atom is -0.473 e. The number of ether oxygens (including phenoxy) is 1. The molecule has 8 nitrogen and oxygen atoms in total. The van der Waals surface area contributed by atoms with Crippen molar-refractivity contribution in [3.63, 3.8) is 0 Å². The monoisotopic (exact) mass is 359 g/mol. The highest BCUT2D eigenvalue weighted by atomic mass is 16.5. The van der Waals surface area contributed by atoms with Gasteiger partial charge in [-0.3, -0.25) is 0 Å². The lowest BCUT2D eigenvalue weighted by Crippen LogP contribution is -2.04.